The van der Waals surface area contributed by atoms with E-state index < -0.39 is 0 Å². The van der Waals surface area contributed by atoms with Crippen LogP contribution in [0.15, 0.2) is 18.2 Å². The summed E-state index contributed by atoms with van der Waals surface area (Å²) in [5.41, 5.74) is 3.33. The van der Waals surface area contributed by atoms with E-state index in [-0.39, 0.29) is 6.03 Å². The zero-order chi connectivity index (χ0) is 17.5. The highest BCUT2D eigenvalue weighted by atomic mass is 16.2. The minimum atomic E-state index is 0.0411. The van der Waals surface area contributed by atoms with Crippen molar-refractivity contribution < 1.29 is 4.79 Å². The Hall–Kier alpha value is -1.55. The van der Waals surface area contributed by atoms with Gasteiger partial charge in [-0.1, -0.05) is 51.8 Å². The first kappa shape index (κ1) is 18.8. The molecule has 0 aliphatic carbocycles. The van der Waals surface area contributed by atoms with Crippen molar-refractivity contribution in [3.05, 3.63) is 29.3 Å². The number of urea groups is 1. The number of piperazine rings is 1. The summed E-state index contributed by atoms with van der Waals surface area (Å²) in [5, 5.41) is 3.17. The second kappa shape index (κ2) is 9.07. The Morgan fingerprint density at radius 1 is 1.17 bits per heavy atom. The van der Waals surface area contributed by atoms with Crippen LogP contribution in [0.2, 0.25) is 0 Å². The molecule has 0 unspecified atom stereocenters. The molecule has 2 rings (SSSR count). The number of hydrogen-bond donors (Lipinski definition) is 1. The second-order valence-electron chi connectivity index (χ2n) is 7.16. The van der Waals surface area contributed by atoms with Crippen molar-refractivity contribution >= 4 is 11.7 Å². The van der Waals surface area contributed by atoms with Crippen LogP contribution in [0.3, 0.4) is 0 Å². The van der Waals surface area contributed by atoms with Gasteiger partial charge in [-0.25, -0.2) is 4.79 Å². The summed E-state index contributed by atoms with van der Waals surface area (Å²) in [6.07, 6.45) is 3.83. The van der Waals surface area contributed by atoms with Crippen LogP contribution in [-0.4, -0.2) is 48.6 Å². The van der Waals surface area contributed by atoms with Gasteiger partial charge in [0.2, 0.25) is 0 Å². The summed E-state index contributed by atoms with van der Waals surface area (Å²) in [7, 11) is 0. The van der Waals surface area contributed by atoms with Crippen molar-refractivity contribution in [3.8, 4) is 0 Å². The molecule has 0 aromatic heterocycles. The lowest BCUT2D eigenvalue weighted by molar-refractivity contribution is 0.146. The Kier molecular flexibility index (Phi) is 7.10. The fourth-order valence-corrected chi connectivity index (χ4v) is 3.29. The maximum absolute atomic E-state index is 12.7. The molecule has 1 aliphatic heterocycles. The predicted octanol–water partition coefficient (Wildman–Crippen LogP) is 4.46. The molecule has 4 heteroatoms. The van der Waals surface area contributed by atoms with Gasteiger partial charge in [0.15, 0.2) is 0 Å². The molecule has 1 aliphatic rings. The molecule has 1 fully saturated rings. The smallest absolute Gasteiger partial charge is 0.321 e. The average molecular weight is 332 g/mol. The highest BCUT2D eigenvalue weighted by Crippen LogP contribution is 2.27. The standard InChI is InChI=1S/C20H33N3O/c1-5-6-7-11-22-12-14-23(15-13-22)20(24)21-19-17(4)9-8-10-18(19)16(2)3/h8-10,16H,5-7,11-15H2,1-4H3,(H,21,24). The number of carbonyl (C=O) groups is 1. The van der Waals surface area contributed by atoms with Crippen molar-refractivity contribution in [2.45, 2.75) is 52.9 Å². The number of nitrogens with zero attached hydrogens (tertiary/aromatic N) is 2. The number of aryl methyl sites for hydroxylation is 1. The van der Waals surface area contributed by atoms with Gasteiger partial charge in [0.25, 0.3) is 0 Å². The normalized spacial score (nSPS) is 15.8. The lowest BCUT2D eigenvalue weighted by Gasteiger charge is -2.35. The van der Waals surface area contributed by atoms with Crippen molar-refractivity contribution in [1.82, 2.24) is 9.80 Å². The second-order valence-corrected chi connectivity index (χ2v) is 7.16. The summed E-state index contributed by atoms with van der Waals surface area (Å²) in [5.74, 6) is 0.399. The number of para-hydroxylation sites is 1. The third kappa shape index (κ3) is 4.97. The van der Waals surface area contributed by atoms with Crippen LogP contribution < -0.4 is 5.32 Å². The molecule has 1 saturated heterocycles. The number of unbranched alkanes of at least 4 members (excludes halogenated alkanes) is 2. The van der Waals surface area contributed by atoms with Crippen LogP contribution in [0.25, 0.3) is 0 Å². The van der Waals surface area contributed by atoms with Crippen LogP contribution in [0, 0.1) is 6.92 Å². The molecule has 1 heterocycles. The van der Waals surface area contributed by atoms with E-state index in [9.17, 15) is 4.79 Å². The topological polar surface area (TPSA) is 35.6 Å². The quantitative estimate of drug-likeness (QED) is 0.781. The van der Waals surface area contributed by atoms with E-state index in [0.29, 0.717) is 5.92 Å². The average Bonchev–Trinajstić information content (AvgIpc) is 2.57. The van der Waals surface area contributed by atoms with Crippen LogP contribution in [0.5, 0.6) is 0 Å². The maximum Gasteiger partial charge on any atom is 0.321 e. The van der Waals surface area contributed by atoms with Gasteiger partial charge >= 0.3 is 6.03 Å². The fourth-order valence-electron chi connectivity index (χ4n) is 3.29. The van der Waals surface area contributed by atoms with Crippen LogP contribution >= 0.6 is 0 Å². The van der Waals surface area contributed by atoms with Crippen molar-refractivity contribution in [2.75, 3.05) is 38.0 Å². The lowest BCUT2D eigenvalue weighted by Crippen LogP contribution is -2.50. The van der Waals surface area contributed by atoms with Gasteiger partial charge in [0.05, 0.1) is 0 Å². The van der Waals surface area contributed by atoms with Gasteiger partial charge in [-0.3, -0.25) is 4.90 Å². The number of amides is 2. The molecule has 1 aromatic carbocycles. The van der Waals surface area contributed by atoms with E-state index >= 15 is 0 Å². The van der Waals surface area contributed by atoms with Crippen LogP contribution in [-0.2, 0) is 0 Å². The summed E-state index contributed by atoms with van der Waals surface area (Å²) in [6, 6.07) is 6.28. The van der Waals surface area contributed by atoms with Gasteiger partial charge in [-0.2, -0.15) is 0 Å². The molecular formula is C20H33N3O. The number of benzene rings is 1. The SMILES string of the molecule is CCCCCN1CCN(C(=O)Nc2c(C)cccc2C(C)C)CC1. The highest BCUT2D eigenvalue weighted by Gasteiger charge is 2.22. The van der Waals surface area contributed by atoms with Crippen LogP contribution in [0.1, 0.15) is 57.1 Å². The Balaban J connectivity index is 1.91. The molecule has 1 N–H and O–H groups in total. The minimum absolute atomic E-state index is 0.0411. The Morgan fingerprint density at radius 3 is 2.50 bits per heavy atom. The molecule has 0 bridgehead atoms. The zero-order valence-corrected chi connectivity index (χ0v) is 15.8. The van der Waals surface area contributed by atoms with E-state index in [0.717, 1.165) is 37.4 Å². The molecule has 24 heavy (non-hydrogen) atoms. The lowest BCUT2D eigenvalue weighted by atomic mass is 9.98. The molecule has 0 spiro atoms. The number of hydrogen-bond acceptors (Lipinski definition) is 2. The fraction of sp³-hybridized carbons (Fsp3) is 0.650. The summed E-state index contributed by atoms with van der Waals surface area (Å²) in [6.45, 7) is 13.4. The Morgan fingerprint density at radius 2 is 1.88 bits per heavy atom. The highest BCUT2D eigenvalue weighted by molar-refractivity contribution is 5.91. The summed E-state index contributed by atoms with van der Waals surface area (Å²) in [4.78, 5) is 17.1. The molecule has 1 aromatic rings. The largest absolute Gasteiger partial charge is 0.322 e. The first-order valence-corrected chi connectivity index (χ1v) is 9.40. The summed E-state index contributed by atoms with van der Waals surface area (Å²) >= 11 is 0. The minimum Gasteiger partial charge on any atom is -0.322 e. The molecular weight excluding hydrogens is 298 g/mol. The number of rotatable bonds is 6. The third-order valence-corrected chi connectivity index (χ3v) is 4.90. The molecule has 0 saturated carbocycles. The van der Waals surface area contributed by atoms with E-state index in [1.54, 1.807) is 0 Å². The monoisotopic (exact) mass is 331 g/mol. The number of anilines is 1. The van der Waals surface area contributed by atoms with Gasteiger partial charge < -0.3 is 10.2 Å². The first-order chi connectivity index (χ1) is 11.5. The molecule has 0 atom stereocenters. The van der Waals surface area contributed by atoms with Crippen molar-refractivity contribution in [1.29, 1.82) is 0 Å². The molecule has 4 nitrogen and oxygen atoms in total. The van der Waals surface area contributed by atoms with E-state index in [4.69, 9.17) is 0 Å². The first-order valence-electron chi connectivity index (χ1n) is 9.40. The Labute approximate surface area is 147 Å². The number of carbonyl (C=O) groups excluding carboxylic acids is 1. The van der Waals surface area contributed by atoms with E-state index in [1.807, 2.05) is 4.90 Å². The van der Waals surface area contributed by atoms with Gasteiger partial charge in [0, 0.05) is 31.9 Å². The maximum atomic E-state index is 12.7. The zero-order valence-electron chi connectivity index (χ0n) is 15.8. The predicted molar refractivity (Wildman–Crippen MR) is 102 cm³/mol. The van der Waals surface area contributed by atoms with Gasteiger partial charge in [0.1, 0.15) is 0 Å². The summed E-state index contributed by atoms with van der Waals surface area (Å²) < 4.78 is 0. The Bertz CT molecular complexity index is 534. The molecule has 134 valence electrons. The van der Waals surface area contributed by atoms with E-state index in [2.05, 4.69) is 56.1 Å². The van der Waals surface area contributed by atoms with Crippen molar-refractivity contribution in [3.63, 3.8) is 0 Å². The van der Waals surface area contributed by atoms with Crippen LogP contribution in [0.4, 0.5) is 10.5 Å². The van der Waals surface area contributed by atoms with Gasteiger partial charge in [-0.05, 0) is 36.9 Å². The molecule has 0 radical (unpaired) electrons. The molecule has 2 amide bonds. The third-order valence-electron chi connectivity index (χ3n) is 4.90. The van der Waals surface area contributed by atoms with E-state index in [1.165, 1.54) is 31.4 Å². The van der Waals surface area contributed by atoms with Crippen molar-refractivity contribution in [2.24, 2.45) is 0 Å². The number of nitrogens with one attached hydrogen (secondary N) is 1. The van der Waals surface area contributed by atoms with Gasteiger partial charge in [-0.15, -0.1) is 0 Å².